The zero-order chi connectivity index (χ0) is 32.7. The number of rotatable bonds is 8. The summed E-state index contributed by atoms with van der Waals surface area (Å²) in [6, 6.07) is 5.56. The van der Waals surface area contributed by atoms with Crippen LogP contribution in [0.2, 0.25) is 0 Å². The molecule has 15 atom stereocenters. The molecule has 0 saturated carbocycles. The Hall–Kier alpha value is -2.49. The average Bonchev–Trinajstić information content (AvgIpc) is 3.02. The van der Waals surface area contributed by atoms with E-state index in [4.69, 9.17) is 37.6 Å². The van der Waals surface area contributed by atoms with Crippen molar-refractivity contribution in [1.29, 1.82) is 0 Å². The normalized spacial score (nSPS) is 42.4. The summed E-state index contributed by atoms with van der Waals surface area (Å²) in [6.45, 7) is 2.35. The third-order valence-corrected chi connectivity index (χ3v) is 8.13. The van der Waals surface area contributed by atoms with Crippen LogP contribution in [0.25, 0.3) is 11.0 Å². The maximum atomic E-state index is 11.8. The van der Waals surface area contributed by atoms with Gasteiger partial charge in [0.25, 0.3) is 0 Å². The summed E-state index contributed by atoms with van der Waals surface area (Å²) in [7, 11) is 1.35. The van der Waals surface area contributed by atoms with Gasteiger partial charge in [-0.25, -0.2) is 4.79 Å². The van der Waals surface area contributed by atoms with Gasteiger partial charge >= 0.3 is 5.63 Å². The Morgan fingerprint density at radius 1 is 0.689 bits per heavy atom. The molecule has 8 N–H and O–H groups in total. The van der Waals surface area contributed by atoms with Crippen LogP contribution in [0.5, 0.6) is 11.5 Å². The van der Waals surface area contributed by atoms with Crippen LogP contribution in [-0.4, -0.2) is 147 Å². The van der Waals surface area contributed by atoms with Gasteiger partial charge in [0.2, 0.25) is 6.29 Å². The van der Waals surface area contributed by atoms with Crippen LogP contribution in [-0.2, 0) is 23.7 Å². The van der Waals surface area contributed by atoms with Crippen molar-refractivity contribution in [2.24, 2.45) is 0 Å². The summed E-state index contributed by atoms with van der Waals surface area (Å²) in [6.07, 6.45) is -22.7. The van der Waals surface area contributed by atoms with Gasteiger partial charge in [-0.1, -0.05) is 0 Å². The first-order chi connectivity index (χ1) is 21.3. The number of hydrogen-bond acceptors (Lipinski definition) is 17. The highest BCUT2D eigenvalue weighted by Gasteiger charge is 2.52. The quantitative estimate of drug-likeness (QED) is 0.131. The van der Waals surface area contributed by atoms with Crippen LogP contribution in [0.4, 0.5) is 0 Å². The topological polar surface area (TPSA) is 257 Å². The molecule has 17 nitrogen and oxygen atoms in total. The largest absolute Gasteiger partial charge is 0.493 e. The van der Waals surface area contributed by atoms with Gasteiger partial charge in [0, 0.05) is 17.5 Å². The number of benzene rings is 1. The van der Waals surface area contributed by atoms with E-state index in [9.17, 15) is 45.6 Å². The highest BCUT2D eigenvalue weighted by molar-refractivity contribution is 5.80. The summed E-state index contributed by atoms with van der Waals surface area (Å²) in [5, 5.41) is 83.9. The van der Waals surface area contributed by atoms with Crippen LogP contribution < -0.4 is 15.1 Å². The molecule has 45 heavy (non-hydrogen) atoms. The molecule has 0 bridgehead atoms. The Morgan fingerprint density at radius 2 is 1.31 bits per heavy atom. The second kappa shape index (κ2) is 13.7. The van der Waals surface area contributed by atoms with Crippen LogP contribution in [0.3, 0.4) is 0 Å². The van der Waals surface area contributed by atoms with E-state index in [0.29, 0.717) is 5.39 Å². The van der Waals surface area contributed by atoms with Gasteiger partial charge in [0.05, 0.1) is 25.9 Å². The van der Waals surface area contributed by atoms with E-state index in [1.807, 2.05) is 0 Å². The van der Waals surface area contributed by atoms with Crippen molar-refractivity contribution in [3.63, 3.8) is 0 Å². The van der Waals surface area contributed by atoms with Gasteiger partial charge in [-0.3, -0.25) is 0 Å². The van der Waals surface area contributed by atoms with E-state index >= 15 is 0 Å². The fourth-order valence-electron chi connectivity index (χ4n) is 5.36. The summed E-state index contributed by atoms with van der Waals surface area (Å²) in [5.74, 6) is 0.0978. The van der Waals surface area contributed by atoms with Crippen LogP contribution in [0.1, 0.15) is 13.8 Å². The van der Waals surface area contributed by atoms with Crippen LogP contribution in [0, 0.1) is 0 Å². The van der Waals surface area contributed by atoms with Gasteiger partial charge in [-0.15, -0.1) is 0 Å². The van der Waals surface area contributed by atoms with Crippen molar-refractivity contribution in [2.75, 3.05) is 13.7 Å². The van der Waals surface area contributed by atoms with Gasteiger partial charge in [0.15, 0.2) is 30.2 Å². The number of aliphatic hydroxyl groups excluding tert-OH is 8. The number of fused-ring (bicyclic) bond motifs is 1. The summed E-state index contributed by atoms with van der Waals surface area (Å²) in [4.78, 5) is 11.8. The smallest absolute Gasteiger partial charge is 0.336 e. The molecule has 3 fully saturated rings. The molecule has 2 aromatic rings. The molecule has 3 aliphatic heterocycles. The van der Waals surface area contributed by atoms with Crippen molar-refractivity contribution in [3.8, 4) is 11.5 Å². The lowest BCUT2D eigenvalue weighted by atomic mass is 9.97. The molecule has 17 heteroatoms. The maximum Gasteiger partial charge on any atom is 0.336 e. The van der Waals surface area contributed by atoms with Crippen molar-refractivity contribution < 1.29 is 78.4 Å². The highest BCUT2D eigenvalue weighted by atomic mass is 16.8. The van der Waals surface area contributed by atoms with Gasteiger partial charge < -0.3 is 78.4 Å². The highest BCUT2D eigenvalue weighted by Crippen LogP contribution is 2.36. The number of ether oxygens (including phenoxy) is 7. The maximum absolute atomic E-state index is 11.8. The molecule has 0 unspecified atom stereocenters. The predicted molar refractivity (Wildman–Crippen MR) is 146 cm³/mol. The summed E-state index contributed by atoms with van der Waals surface area (Å²) < 4.78 is 44.9. The summed E-state index contributed by atoms with van der Waals surface area (Å²) in [5.41, 5.74) is -0.524. The standard InChI is InChI=1S/C28H38O17/c1-9-17(30)20(33)23(36)26(40-9)39-8-15-19(32)22(35)25(45-27-24(37)21(34)18(31)10(2)41-27)28(44-15)43-14-7-12-11(6-13(14)38-3)4-5-16(29)42-12/h4-7,9-10,15,17-28,30-37H,8H2,1-3H3/t9-,10-,15+,17+,18-,19+,20+,21+,22-,23+,24+,25+,26-,27+,28+/m1/s1. The Morgan fingerprint density at radius 3 is 1.96 bits per heavy atom. The molecule has 1 aromatic carbocycles. The van der Waals surface area contributed by atoms with E-state index in [-0.39, 0.29) is 17.1 Å². The molecule has 0 spiro atoms. The molecule has 4 heterocycles. The Kier molecular flexibility index (Phi) is 10.3. The van der Waals surface area contributed by atoms with Crippen molar-refractivity contribution >= 4 is 11.0 Å². The van der Waals surface area contributed by atoms with Crippen LogP contribution >= 0.6 is 0 Å². The lowest BCUT2D eigenvalue weighted by Crippen LogP contribution is -2.65. The molecular weight excluding hydrogens is 608 g/mol. The first kappa shape index (κ1) is 33.9. The monoisotopic (exact) mass is 646 g/mol. The van der Waals surface area contributed by atoms with Crippen molar-refractivity contribution in [2.45, 2.75) is 106 Å². The van der Waals surface area contributed by atoms with E-state index < -0.39 is 104 Å². The minimum Gasteiger partial charge on any atom is -0.493 e. The molecule has 3 saturated heterocycles. The van der Waals surface area contributed by atoms with Gasteiger partial charge in [-0.05, 0) is 26.0 Å². The van der Waals surface area contributed by atoms with Gasteiger partial charge in [-0.2, -0.15) is 0 Å². The summed E-state index contributed by atoms with van der Waals surface area (Å²) >= 11 is 0. The number of aliphatic hydroxyl groups is 8. The number of hydrogen-bond donors (Lipinski definition) is 8. The Labute approximate surface area is 255 Å². The third kappa shape index (κ3) is 6.82. The second-order valence-corrected chi connectivity index (χ2v) is 11.2. The molecule has 0 radical (unpaired) electrons. The van der Waals surface area contributed by atoms with E-state index in [1.54, 1.807) is 0 Å². The molecular formula is C28H38O17. The van der Waals surface area contributed by atoms with E-state index in [0.717, 1.165) is 0 Å². The first-order valence-electron chi connectivity index (χ1n) is 14.3. The lowest BCUT2D eigenvalue weighted by Gasteiger charge is -2.46. The fourth-order valence-corrected chi connectivity index (χ4v) is 5.36. The second-order valence-electron chi connectivity index (χ2n) is 11.2. The lowest BCUT2D eigenvalue weighted by molar-refractivity contribution is -0.360. The fraction of sp³-hybridized carbons (Fsp3) is 0.679. The first-order valence-corrected chi connectivity index (χ1v) is 14.3. The number of methoxy groups -OCH3 is 1. The molecule has 252 valence electrons. The van der Waals surface area contributed by atoms with E-state index in [1.165, 1.54) is 45.2 Å². The zero-order valence-corrected chi connectivity index (χ0v) is 24.4. The van der Waals surface area contributed by atoms with Crippen LogP contribution in [0.15, 0.2) is 33.5 Å². The minimum atomic E-state index is -1.82. The predicted octanol–water partition coefficient (Wildman–Crippen LogP) is -3.32. The molecule has 3 aliphatic rings. The van der Waals surface area contributed by atoms with E-state index in [2.05, 4.69) is 0 Å². The van der Waals surface area contributed by atoms with Gasteiger partial charge in [0.1, 0.15) is 60.5 Å². The van der Waals surface area contributed by atoms with Crippen molar-refractivity contribution in [3.05, 3.63) is 34.7 Å². The molecule has 1 aromatic heterocycles. The minimum absolute atomic E-state index is 0.0490. The zero-order valence-electron chi connectivity index (χ0n) is 24.4. The molecule has 0 aliphatic carbocycles. The Bertz CT molecular complexity index is 1350. The van der Waals surface area contributed by atoms with Crippen molar-refractivity contribution in [1.82, 2.24) is 0 Å². The Balaban J connectivity index is 1.42. The SMILES string of the molecule is COc1cc2ccc(=O)oc2cc1O[C@H]1O[C@@H](CO[C@@H]2O[C@H](C)[C@H](O)[C@H](O)[C@@H]2O)[C@H](O)[C@@H](O)[C@@H]1O[C@@H]1O[C@H](C)[C@@H](O)[C@H](O)[C@@H]1O. The third-order valence-electron chi connectivity index (χ3n) is 8.13. The average molecular weight is 647 g/mol. The molecule has 0 amide bonds. The molecule has 5 rings (SSSR count).